The Hall–Kier alpha value is -3.22. The van der Waals surface area contributed by atoms with Crippen molar-refractivity contribution < 1.29 is 14.3 Å². The number of fused-ring (bicyclic) bond motifs is 1. The number of nitrogens with zero attached hydrogens (tertiary/aromatic N) is 2. The zero-order valence-corrected chi connectivity index (χ0v) is 20.0. The molecule has 0 bridgehead atoms. The Labute approximate surface area is 206 Å². The van der Waals surface area contributed by atoms with E-state index in [1.807, 2.05) is 11.0 Å². The number of halogens is 1. The Balaban J connectivity index is 1.35. The molecule has 3 atom stereocenters. The van der Waals surface area contributed by atoms with E-state index in [0.29, 0.717) is 18.8 Å². The summed E-state index contributed by atoms with van der Waals surface area (Å²) in [5, 5.41) is 13.1. The van der Waals surface area contributed by atoms with Crippen LogP contribution < -0.4 is 5.32 Å². The second-order valence-electron chi connectivity index (χ2n) is 9.61. The summed E-state index contributed by atoms with van der Waals surface area (Å²) in [5.74, 6) is -0.228. The summed E-state index contributed by atoms with van der Waals surface area (Å²) < 4.78 is 13.6. The fraction of sp³-hybridized carbons (Fsp3) is 0.345. The van der Waals surface area contributed by atoms with Gasteiger partial charge in [0.2, 0.25) is 0 Å². The molecule has 2 heterocycles. The van der Waals surface area contributed by atoms with Gasteiger partial charge in [-0.25, -0.2) is 9.18 Å². The lowest BCUT2D eigenvalue weighted by atomic mass is 9.74. The number of hydrogen-bond acceptors (Lipinski definition) is 3. The van der Waals surface area contributed by atoms with Crippen molar-refractivity contribution in [1.29, 1.82) is 0 Å². The number of carbonyl (C=O) groups excluding carboxylic acids is 1. The van der Waals surface area contributed by atoms with Gasteiger partial charge < -0.3 is 15.3 Å². The third kappa shape index (κ3) is 4.81. The van der Waals surface area contributed by atoms with E-state index >= 15 is 0 Å². The van der Waals surface area contributed by atoms with Gasteiger partial charge >= 0.3 is 6.03 Å². The molecule has 0 unspecified atom stereocenters. The van der Waals surface area contributed by atoms with Crippen LogP contribution in [-0.4, -0.2) is 59.3 Å². The van der Waals surface area contributed by atoms with Crippen molar-refractivity contribution in [2.45, 2.75) is 37.8 Å². The van der Waals surface area contributed by atoms with E-state index in [0.717, 1.165) is 19.4 Å². The number of benzene rings is 3. The smallest absolute Gasteiger partial charge is 0.321 e. The molecule has 0 aromatic heterocycles. The second-order valence-corrected chi connectivity index (χ2v) is 9.61. The van der Waals surface area contributed by atoms with E-state index in [4.69, 9.17) is 0 Å². The first-order valence-electron chi connectivity index (χ1n) is 12.4. The molecule has 5 rings (SSSR count). The lowest BCUT2D eigenvalue weighted by Gasteiger charge is -2.57. The maximum atomic E-state index is 13.6. The minimum Gasteiger partial charge on any atom is -0.395 e. The van der Waals surface area contributed by atoms with Crippen LogP contribution >= 0.6 is 0 Å². The number of anilines is 1. The zero-order chi connectivity index (χ0) is 24.4. The van der Waals surface area contributed by atoms with Crippen LogP contribution in [0.15, 0.2) is 72.8 Å². The zero-order valence-electron chi connectivity index (χ0n) is 20.0. The van der Waals surface area contributed by atoms with Crippen LogP contribution in [-0.2, 0) is 0 Å². The molecule has 6 heteroatoms. The molecule has 2 saturated heterocycles. The first-order chi connectivity index (χ1) is 17.0. The molecule has 2 aliphatic heterocycles. The quantitative estimate of drug-likeness (QED) is 0.544. The third-order valence-corrected chi connectivity index (χ3v) is 7.48. The summed E-state index contributed by atoms with van der Waals surface area (Å²) in [5.41, 5.74) is 5.28. The molecular weight excluding hydrogens is 441 g/mol. The highest BCUT2D eigenvalue weighted by atomic mass is 19.1. The van der Waals surface area contributed by atoms with E-state index in [2.05, 4.69) is 59.6 Å². The van der Waals surface area contributed by atoms with Crippen molar-refractivity contribution in [1.82, 2.24) is 9.80 Å². The molecule has 0 aliphatic carbocycles. The number of aryl methyl sites for hydroxylation is 1. The average molecular weight is 474 g/mol. The number of aliphatic hydroxyl groups excluding tert-OH is 1. The number of hydrogen-bond donors (Lipinski definition) is 2. The predicted octanol–water partition coefficient (Wildman–Crippen LogP) is 5.26. The maximum Gasteiger partial charge on any atom is 0.321 e. The standard InChI is InChI=1S/C29H32FN3O2/c1-20-7-2-3-10-25(20)21-11-13-22(14-12-21)28-26-18-32(15-4-5-16-33(26)27(28)19-34)29(35)31-24-9-6-8-23(30)17-24/h2-3,6-14,17,26-28,34H,4-5,15-16,18-19H2,1H3,(H,31,35)/t26-,27+,28-/m0/s1. The van der Waals surface area contributed by atoms with E-state index < -0.39 is 0 Å². The molecule has 3 aromatic carbocycles. The monoisotopic (exact) mass is 473 g/mol. The second kappa shape index (κ2) is 10.2. The lowest BCUT2D eigenvalue weighted by molar-refractivity contribution is -0.0585. The summed E-state index contributed by atoms with van der Waals surface area (Å²) in [7, 11) is 0. The van der Waals surface area contributed by atoms with Gasteiger partial charge in [-0.2, -0.15) is 0 Å². The molecule has 5 nitrogen and oxygen atoms in total. The molecule has 35 heavy (non-hydrogen) atoms. The summed E-state index contributed by atoms with van der Waals surface area (Å²) in [6.07, 6.45) is 1.86. The topological polar surface area (TPSA) is 55.8 Å². The van der Waals surface area contributed by atoms with Crippen LogP contribution in [0.4, 0.5) is 14.9 Å². The SMILES string of the molecule is Cc1ccccc1-c1ccc([C@@H]2[C@@H](CO)N3CCCCN(C(=O)Nc4cccc(F)c4)C[C@@H]23)cc1. The van der Waals surface area contributed by atoms with Gasteiger partial charge in [0.1, 0.15) is 5.82 Å². The minimum atomic E-state index is -0.374. The number of urea groups is 1. The number of amides is 2. The van der Waals surface area contributed by atoms with Crippen molar-refractivity contribution in [3.8, 4) is 11.1 Å². The van der Waals surface area contributed by atoms with Crippen LogP contribution in [0.5, 0.6) is 0 Å². The minimum absolute atomic E-state index is 0.0514. The van der Waals surface area contributed by atoms with Crippen molar-refractivity contribution in [2.24, 2.45) is 0 Å². The number of rotatable bonds is 4. The van der Waals surface area contributed by atoms with E-state index in [-0.39, 0.29) is 36.5 Å². The van der Waals surface area contributed by atoms with Crippen LogP contribution in [0.2, 0.25) is 0 Å². The van der Waals surface area contributed by atoms with Gasteiger partial charge in [0.05, 0.1) is 6.61 Å². The molecule has 2 N–H and O–H groups in total. The van der Waals surface area contributed by atoms with Crippen molar-refractivity contribution in [3.05, 3.63) is 89.7 Å². The summed E-state index contributed by atoms with van der Waals surface area (Å²) in [6, 6.07) is 23.0. The van der Waals surface area contributed by atoms with Crippen LogP contribution in [0.3, 0.4) is 0 Å². The van der Waals surface area contributed by atoms with Gasteiger partial charge in [-0.1, -0.05) is 54.6 Å². The highest BCUT2D eigenvalue weighted by Crippen LogP contribution is 2.42. The van der Waals surface area contributed by atoms with E-state index in [1.165, 1.54) is 34.4 Å². The Morgan fingerprint density at radius 2 is 1.80 bits per heavy atom. The Bertz CT molecular complexity index is 1180. The van der Waals surface area contributed by atoms with Crippen molar-refractivity contribution in [3.63, 3.8) is 0 Å². The number of nitrogens with one attached hydrogen (secondary N) is 1. The molecule has 3 aromatic rings. The van der Waals surface area contributed by atoms with Crippen LogP contribution in [0, 0.1) is 12.7 Å². The first kappa shape index (κ1) is 23.5. The van der Waals surface area contributed by atoms with E-state index in [9.17, 15) is 14.3 Å². The fourth-order valence-corrected chi connectivity index (χ4v) is 5.68. The number of carbonyl (C=O) groups is 1. The van der Waals surface area contributed by atoms with Gasteiger partial charge in [0.15, 0.2) is 0 Å². The summed E-state index contributed by atoms with van der Waals surface area (Å²) >= 11 is 0. The molecule has 182 valence electrons. The molecule has 0 radical (unpaired) electrons. The van der Waals surface area contributed by atoms with Crippen molar-refractivity contribution >= 4 is 11.7 Å². The average Bonchev–Trinajstić information content (AvgIpc) is 2.84. The summed E-state index contributed by atoms with van der Waals surface area (Å²) in [4.78, 5) is 17.3. The maximum absolute atomic E-state index is 13.6. The van der Waals surface area contributed by atoms with Crippen molar-refractivity contribution in [2.75, 3.05) is 31.6 Å². The highest BCUT2D eigenvalue weighted by Gasteiger charge is 2.49. The van der Waals surface area contributed by atoms with Gasteiger partial charge in [-0.05, 0) is 66.8 Å². The van der Waals surface area contributed by atoms with Gasteiger partial charge in [0.25, 0.3) is 0 Å². The Kier molecular flexibility index (Phi) is 6.84. The number of aliphatic hydroxyl groups is 1. The largest absolute Gasteiger partial charge is 0.395 e. The van der Waals surface area contributed by atoms with Gasteiger partial charge in [0, 0.05) is 36.8 Å². The molecule has 0 saturated carbocycles. The Morgan fingerprint density at radius 1 is 1.03 bits per heavy atom. The Morgan fingerprint density at radius 3 is 2.54 bits per heavy atom. The first-order valence-corrected chi connectivity index (χ1v) is 12.4. The molecular formula is C29H32FN3O2. The molecule has 2 fully saturated rings. The summed E-state index contributed by atoms with van der Waals surface area (Å²) in [6.45, 7) is 4.37. The predicted molar refractivity (Wildman–Crippen MR) is 137 cm³/mol. The molecule has 2 aliphatic rings. The van der Waals surface area contributed by atoms with Crippen LogP contribution in [0.25, 0.3) is 11.1 Å². The molecule has 0 spiro atoms. The lowest BCUT2D eigenvalue weighted by Crippen LogP contribution is -2.68. The fourth-order valence-electron chi connectivity index (χ4n) is 5.68. The molecule has 2 amide bonds. The van der Waals surface area contributed by atoms with Gasteiger partial charge in [-0.3, -0.25) is 4.90 Å². The normalized spacial score (nSPS) is 22.5. The third-order valence-electron chi connectivity index (χ3n) is 7.48. The highest BCUT2D eigenvalue weighted by molar-refractivity contribution is 5.89. The van der Waals surface area contributed by atoms with E-state index in [1.54, 1.807) is 12.1 Å². The van der Waals surface area contributed by atoms with Crippen LogP contribution in [0.1, 0.15) is 29.9 Å². The van der Waals surface area contributed by atoms with Gasteiger partial charge in [-0.15, -0.1) is 0 Å².